The predicted molar refractivity (Wildman–Crippen MR) is 231 cm³/mol. The molecule has 1 aliphatic heterocycles. The van der Waals surface area contributed by atoms with Gasteiger partial charge in [0.1, 0.15) is 29.2 Å². The molecule has 7 atom stereocenters. The third kappa shape index (κ3) is 15.5. The summed E-state index contributed by atoms with van der Waals surface area (Å²) in [7, 11) is 0. The molecule has 0 aromatic heterocycles. The SMILES string of the molecule is Cc1cc(OC(=O)C(CCC(C)C(C)C(C)C)C(C)CC(C)(C)C)c2c(c1OC(=O)C(CCC(C)CC(C)(C)C)C(C)CC(C)(C)C)SC(=C(C#N)C#N)S2. The number of nitriles is 2. The van der Waals surface area contributed by atoms with Crippen LogP contribution in [0, 0.1) is 93.2 Å². The number of nitrogens with zero attached hydrogens (tertiary/aromatic N) is 2. The molecule has 0 saturated heterocycles. The van der Waals surface area contributed by atoms with Crippen molar-refractivity contribution in [2.24, 2.45) is 63.6 Å². The van der Waals surface area contributed by atoms with Crippen LogP contribution in [0.4, 0.5) is 0 Å². The van der Waals surface area contributed by atoms with Crippen molar-refractivity contribution >= 4 is 35.5 Å². The number of carbonyl (C=O) groups is 2. The average Bonchev–Trinajstić information content (AvgIpc) is 3.46. The first kappa shape index (κ1) is 48.7. The number of benzene rings is 1. The van der Waals surface area contributed by atoms with Crippen LogP contribution in [0.5, 0.6) is 11.5 Å². The number of ether oxygens (including phenoxy) is 2. The Hall–Kier alpha value is -2.42. The molecule has 0 fully saturated rings. The number of thioether (sulfide) groups is 2. The first-order valence-corrected chi connectivity index (χ1v) is 22.3. The number of allylic oxidation sites excluding steroid dienone is 1. The van der Waals surface area contributed by atoms with E-state index < -0.39 is 0 Å². The van der Waals surface area contributed by atoms with Crippen molar-refractivity contribution in [3.63, 3.8) is 0 Å². The fraction of sp³-hybridized carbons (Fsp3) is 0.745. The largest absolute Gasteiger partial charge is 0.425 e. The Labute approximate surface area is 344 Å². The maximum atomic E-state index is 14.3. The second-order valence-electron chi connectivity index (χ2n) is 20.9. The molecule has 2 rings (SSSR count). The van der Waals surface area contributed by atoms with E-state index in [-0.39, 0.29) is 57.4 Å². The monoisotopic (exact) mass is 795 g/mol. The van der Waals surface area contributed by atoms with Gasteiger partial charge in [0, 0.05) is 0 Å². The van der Waals surface area contributed by atoms with Crippen LogP contribution in [0.1, 0.15) is 161 Å². The average molecular weight is 795 g/mol. The second-order valence-corrected chi connectivity index (χ2v) is 23.2. The van der Waals surface area contributed by atoms with Gasteiger partial charge in [0.15, 0.2) is 0 Å². The summed E-state index contributed by atoms with van der Waals surface area (Å²) in [5, 5.41) is 19.7. The third-order valence-electron chi connectivity index (χ3n) is 11.2. The van der Waals surface area contributed by atoms with Crippen molar-refractivity contribution in [1.82, 2.24) is 0 Å². The molecule has 0 spiro atoms. The van der Waals surface area contributed by atoms with Gasteiger partial charge >= 0.3 is 11.9 Å². The molecular weight excluding hydrogens is 721 g/mol. The Kier molecular flexibility index (Phi) is 18.0. The van der Waals surface area contributed by atoms with E-state index in [1.165, 1.54) is 23.5 Å². The molecule has 1 aliphatic rings. The second kappa shape index (κ2) is 20.3. The fourth-order valence-electron chi connectivity index (χ4n) is 8.36. The Morgan fingerprint density at radius 2 is 1.11 bits per heavy atom. The molecule has 308 valence electrons. The lowest BCUT2D eigenvalue weighted by Gasteiger charge is -2.31. The molecule has 0 saturated carbocycles. The van der Waals surface area contributed by atoms with E-state index in [0.717, 1.165) is 44.9 Å². The van der Waals surface area contributed by atoms with Gasteiger partial charge in [0.2, 0.25) is 0 Å². The molecule has 0 N–H and O–H groups in total. The van der Waals surface area contributed by atoms with Crippen molar-refractivity contribution in [3.05, 3.63) is 21.4 Å². The summed E-state index contributed by atoms with van der Waals surface area (Å²) in [5.74, 6) is 1.87. The molecule has 1 heterocycles. The first-order valence-electron chi connectivity index (χ1n) is 20.7. The summed E-state index contributed by atoms with van der Waals surface area (Å²) in [5.41, 5.74) is 0.940. The summed E-state index contributed by atoms with van der Waals surface area (Å²) in [6.07, 6.45) is 6.13. The standard InChI is InChI=1S/C47H74N2O4S2/c1-28(2)34(8)30(4)19-21-37(33(7)25-47(15,16)17)42(50)52-38-22-31(5)39(41-40(38)54-44(55-41)35(26-48)27-49)53-43(51)36(32(6)24-46(12,13)14)20-18-29(3)23-45(9,10)11/h22,28-30,32-34,36-37H,18-21,23-25H2,1-17H3. The van der Waals surface area contributed by atoms with Crippen molar-refractivity contribution in [3.8, 4) is 23.6 Å². The number of hydrogen-bond acceptors (Lipinski definition) is 8. The van der Waals surface area contributed by atoms with Gasteiger partial charge < -0.3 is 9.47 Å². The van der Waals surface area contributed by atoms with Crippen molar-refractivity contribution in [2.45, 2.75) is 172 Å². The van der Waals surface area contributed by atoms with Gasteiger partial charge in [-0.2, -0.15) is 10.5 Å². The minimum absolute atomic E-state index is 0.0205. The predicted octanol–water partition coefficient (Wildman–Crippen LogP) is 14.2. The van der Waals surface area contributed by atoms with Crippen LogP contribution in [0.3, 0.4) is 0 Å². The van der Waals surface area contributed by atoms with Crippen LogP contribution < -0.4 is 9.47 Å². The highest BCUT2D eigenvalue weighted by Gasteiger charge is 2.37. The number of esters is 2. The van der Waals surface area contributed by atoms with Crippen LogP contribution >= 0.6 is 23.5 Å². The zero-order chi connectivity index (χ0) is 42.2. The zero-order valence-corrected chi connectivity index (χ0v) is 39.1. The minimum Gasteiger partial charge on any atom is -0.425 e. The van der Waals surface area contributed by atoms with Crippen molar-refractivity contribution in [2.75, 3.05) is 0 Å². The topological polar surface area (TPSA) is 100 Å². The lowest BCUT2D eigenvalue weighted by molar-refractivity contribution is -0.143. The highest BCUT2D eigenvalue weighted by molar-refractivity contribution is 8.24. The molecule has 1 aromatic carbocycles. The lowest BCUT2D eigenvalue weighted by atomic mass is 9.75. The number of carbonyl (C=O) groups excluding carboxylic acids is 2. The number of rotatable bonds is 17. The van der Waals surface area contributed by atoms with Gasteiger partial charge in [-0.1, -0.05) is 134 Å². The van der Waals surface area contributed by atoms with Gasteiger partial charge in [0.25, 0.3) is 0 Å². The first-order chi connectivity index (χ1) is 25.2. The number of hydrogen-bond donors (Lipinski definition) is 0. The summed E-state index contributed by atoms with van der Waals surface area (Å²) in [4.78, 5) is 29.9. The van der Waals surface area contributed by atoms with Crippen molar-refractivity contribution in [1.29, 1.82) is 10.5 Å². The molecule has 0 amide bonds. The zero-order valence-electron chi connectivity index (χ0n) is 37.5. The molecule has 55 heavy (non-hydrogen) atoms. The van der Waals surface area contributed by atoms with Gasteiger partial charge in [-0.05, 0) is 115 Å². The summed E-state index contributed by atoms with van der Waals surface area (Å²) >= 11 is 2.48. The Bertz CT molecular complexity index is 1580. The van der Waals surface area contributed by atoms with E-state index in [1.807, 2.05) is 19.1 Å². The van der Waals surface area contributed by atoms with E-state index in [1.54, 1.807) is 6.07 Å². The summed E-state index contributed by atoms with van der Waals surface area (Å²) < 4.78 is 13.3. The molecule has 0 bridgehead atoms. The van der Waals surface area contributed by atoms with Gasteiger partial charge in [0.05, 0.1) is 25.9 Å². The Morgan fingerprint density at radius 1 is 0.655 bits per heavy atom. The number of fused-ring (bicyclic) bond motifs is 1. The van der Waals surface area contributed by atoms with Crippen LogP contribution in [0.2, 0.25) is 0 Å². The third-order valence-corrected chi connectivity index (χ3v) is 13.8. The van der Waals surface area contributed by atoms with Crippen LogP contribution in [-0.4, -0.2) is 11.9 Å². The van der Waals surface area contributed by atoms with Crippen LogP contribution in [0.15, 0.2) is 25.7 Å². The molecular formula is C47H74N2O4S2. The van der Waals surface area contributed by atoms with E-state index in [4.69, 9.17) is 9.47 Å². The molecule has 0 aliphatic carbocycles. The smallest absolute Gasteiger partial charge is 0.314 e. The molecule has 8 heteroatoms. The van der Waals surface area contributed by atoms with Crippen LogP contribution in [-0.2, 0) is 9.59 Å². The Morgan fingerprint density at radius 3 is 1.56 bits per heavy atom. The molecule has 6 nitrogen and oxygen atoms in total. The van der Waals surface area contributed by atoms with E-state index in [2.05, 4.69) is 111 Å². The fourth-order valence-corrected chi connectivity index (χ4v) is 10.9. The highest BCUT2D eigenvalue weighted by Crippen LogP contribution is 2.60. The highest BCUT2D eigenvalue weighted by atomic mass is 32.2. The summed E-state index contributed by atoms with van der Waals surface area (Å²) in [6.45, 7) is 37.5. The lowest BCUT2D eigenvalue weighted by Crippen LogP contribution is -2.30. The van der Waals surface area contributed by atoms with E-state index in [9.17, 15) is 20.1 Å². The molecule has 1 aromatic rings. The summed E-state index contributed by atoms with van der Waals surface area (Å²) in [6, 6.07) is 5.84. The Balaban J connectivity index is 2.60. The quantitative estimate of drug-likeness (QED) is 0.0873. The van der Waals surface area contributed by atoms with Gasteiger partial charge in [-0.3, -0.25) is 9.59 Å². The van der Waals surface area contributed by atoms with E-state index >= 15 is 0 Å². The normalized spacial score (nSPS) is 17.3. The molecule has 7 unspecified atom stereocenters. The van der Waals surface area contributed by atoms with Crippen molar-refractivity contribution < 1.29 is 19.1 Å². The maximum absolute atomic E-state index is 14.3. The number of aryl methyl sites for hydroxylation is 1. The maximum Gasteiger partial charge on any atom is 0.314 e. The van der Waals surface area contributed by atoms with Gasteiger partial charge in [-0.15, -0.1) is 0 Å². The molecule has 0 radical (unpaired) electrons. The van der Waals surface area contributed by atoms with Gasteiger partial charge in [-0.25, -0.2) is 0 Å². The van der Waals surface area contributed by atoms with Crippen LogP contribution in [0.25, 0.3) is 0 Å². The minimum atomic E-state index is -0.303. The van der Waals surface area contributed by atoms with E-state index in [0.29, 0.717) is 54.8 Å².